The molecule has 106 valence electrons. The van der Waals surface area contributed by atoms with Crippen LogP contribution in [0.3, 0.4) is 0 Å². The van der Waals surface area contributed by atoms with Gasteiger partial charge in [0.25, 0.3) is 0 Å². The molecule has 2 aromatic carbocycles. The average molecular weight is 342 g/mol. The summed E-state index contributed by atoms with van der Waals surface area (Å²) in [6, 6.07) is 8.87. The van der Waals surface area contributed by atoms with Crippen molar-refractivity contribution in [1.82, 2.24) is 0 Å². The van der Waals surface area contributed by atoms with Crippen molar-refractivity contribution < 1.29 is 13.5 Å². The summed E-state index contributed by atoms with van der Waals surface area (Å²) in [6.45, 7) is 1.85. The highest BCUT2D eigenvalue weighted by Crippen LogP contribution is 2.28. The van der Waals surface area contributed by atoms with Crippen LogP contribution in [0.1, 0.15) is 12.5 Å². The Labute approximate surface area is 124 Å². The first-order valence-corrected chi connectivity index (χ1v) is 6.92. The molecule has 0 bridgehead atoms. The van der Waals surface area contributed by atoms with Crippen molar-refractivity contribution in [1.29, 1.82) is 0 Å². The van der Waals surface area contributed by atoms with Crippen LogP contribution in [-0.4, -0.2) is 6.04 Å². The van der Waals surface area contributed by atoms with E-state index >= 15 is 0 Å². The second-order valence-corrected chi connectivity index (χ2v) is 5.48. The Morgan fingerprint density at radius 3 is 2.50 bits per heavy atom. The topological polar surface area (TPSA) is 35.2 Å². The minimum absolute atomic E-state index is 0.0401. The van der Waals surface area contributed by atoms with Crippen LogP contribution in [0.4, 0.5) is 8.78 Å². The Bertz CT molecular complexity index is 617. The summed E-state index contributed by atoms with van der Waals surface area (Å²) in [5, 5.41) is 0. The molecule has 0 aliphatic rings. The van der Waals surface area contributed by atoms with Gasteiger partial charge in [0.1, 0.15) is 11.6 Å². The zero-order valence-corrected chi connectivity index (χ0v) is 12.5. The quantitative estimate of drug-likeness (QED) is 0.893. The third kappa shape index (κ3) is 3.77. The summed E-state index contributed by atoms with van der Waals surface area (Å²) >= 11 is 3.05. The molecule has 2 N–H and O–H groups in total. The predicted molar refractivity (Wildman–Crippen MR) is 77.9 cm³/mol. The molecule has 0 saturated carbocycles. The van der Waals surface area contributed by atoms with Gasteiger partial charge in [0, 0.05) is 12.1 Å². The number of rotatable bonds is 4. The van der Waals surface area contributed by atoms with Crippen molar-refractivity contribution in [3.05, 3.63) is 58.1 Å². The van der Waals surface area contributed by atoms with Gasteiger partial charge in [0.05, 0.1) is 4.47 Å². The maximum Gasteiger partial charge on any atom is 0.165 e. The maximum absolute atomic E-state index is 13.9. The first kappa shape index (κ1) is 14.9. The molecular weight excluding hydrogens is 328 g/mol. The second-order valence-electron chi connectivity index (χ2n) is 4.62. The van der Waals surface area contributed by atoms with Crippen molar-refractivity contribution >= 4 is 15.9 Å². The van der Waals surface area contributed by atoms with E-state index in [-0.39, 0.29) is 17.5 Å². The van der Waals surface area contributed by atoms with E-state index in [1.807, 2.05) is 6.92 Å². The van der Waals surface area contributed by atoms with E-state index in [0.29, 0.717) is 10.9 Å². The molecule has 0 aromatic heterocycles. The van der Waals surface area contributed by atoms with Crippen LogP contribution in [0.5, 0.6) is 11.5 Å². The van der Waals surface area contributed by atoms with Crippen molar-refractivity contribution in [3.8, 4) is 11.5 Å². The molecule has 0 fully saturated rings. The smallest absolute Gasteiger partial charge is 0.165 e. The molecule has 0 aliphatic carbocycles. The largest absolute Gasteiger partial charge is 0.454 e. The predicted octanol–water partition coefficient (Wildman–Crippen LogP) is 4.41. The van der Waals surface area contributed by atoms with Crippen LogP contribution in [0.15, 0.2) is 40.9 Å². The Morgan fingerprint density at radius 1 is 1.15 bits per heavy atom. The van der Waals surface area contributed by atoms with Gasteiger partial charge >= 0.3 is 0 Å². The Hall–Kier alpha value is -1.46. The Balaban J connectivity index is 2.19. The average Bonchev–Trinajstić information content (AvgIpc) is 2.36. The van der Waals surface area contributed by atoms with Gasteiger partial charge in [-0.15, -0.1) is 0 Å². The number of hydrogen-bond donors (Lipinski definition) is 1. The number of nitrogens with two attached hydrogens (primary N) is 1. The third-order valence-electron chi connectivity index (χ3n) is 2.67. The van der Waals surface area contributed by atoms with E-state index in [9.17, 15) is 8.78 Å². The van der Waals surface area contributed by atoms with Crippen LogP contribution >= 0.6 is 15.9 Å². The molecule has 0 radical (unpaired) electrons. The molecule has 0 spiro atoms. The van der Waals surface area contributed by atoms with Crippen molar-refractivity contribution in [2.75, 3.05) is 0 Å². The lowest BCUT2D eigenvalue weighted by Crippen LogP contribution is -2.17. The summed E-state index contributed by atoms with van der Waals surface area (Å²) < 4.78 is 32.9. The fraction of sp³-hybridized carbons (Fsp3) is 0.200. The molecule has 2 nitrogen and oxygen atoms in total. The number of halogens is 3. The number of hydrogen-bond acceptors (Lipinski definition) is 2. The highest BCUT2D eigenvalue weighted by atomic mass is 79.9. The number of benzene rings is 2. The Kier molecular flexibility index (Phi) is 4.73. The van der Waals surface area contributed by atoms with E-state index in [0.717, 1.165) is 5.56 Å². The summed E-state index contributed by atoms with van der Waals surface area (Å²) in [4.78, 5) is 0. The fourth-order valence-electron chi connectivity index (χ4n) is 1.79. The van der Waals surface area contributed by atoms with E-state index in [1.165, 1.54) is 24.3 Å². The molecule has 2 rings (SSSR count). The normalized spacial score (nSPS) is 12.2. The van der Waals surface area contributed by atoms with Crippen LogP contribution in [0.25, 0.3) is 0 Å². The highest BCUT2D eigenvalue weighted by molar-refractivity contribution is 9.10. The lowest BCUT2D eigenvalue weighted by atomic mass is 10.1. The monoisotopic (exact) mass is 341 g/mol. The molecule has 1 atom stereocenters. The van der Waals surface area contributed by atoms with Gasteiger partial charge in [-0.1, -0.05) is 6.07 Å². The van der Waals surface area contributed by atoms with E-state index in [4.69, 9.17) is 10.5 Å². The van der Waals surface area contributed by atoms with Gasteiger partial charge in [0.2, 0.25) is 0 Å². The van der Waals surface area contributed by atoms with Crippen LogP contribution < -0.4 is 10.5 Å². The van der Waals surface area contributed by atoms with Gasteiger partial charge in [-0.25, -0.2) is 8.78 Å². The lowest BCUT2D eigenvalue weighted by Gasteiger charge is -2.10. The van der Waals surface area contributed by atoms with Gasteiger partial charge in [-0.05, 0) is 59.1 Å². The Morgan fingerprint density at radius 2 is 1.90 bits per heavy atom. The van der Waals surface area contributed by atoms with Gasteiger partial charge < -0.3 is 10.5 Å². The lowest BCUT2D eigenvalue weighted by molar-refractivity contribution is 0.437. The van der Waals surface area contributed by atoms with Crippen LogP contribution in [0, 0.1) is 11.6 Å². The minimum atomic E-state index is -0.494. The van der Waals surface area contributed by atoms with Gasteiger partial charge in [0.15, 0.2) is 11.6 Å². The van der Waals surface area contributed by atoms with Crippen molar-refractivity contribution in [3.63, 3.8) is 0 Å². The molecule has 1 unspecified atom stereocenters. The van der Waals surface area contributed by atoms with E-state index in [1.54, 1.807) is 12.1 Å². The molecular formula is C15H14BrF2NO. The minimum Gasteiger partial charge on any atom is -0.454 e. The molecule has 0 heterocycles. The first-order chi connectivity index (χ1) is 9.45. The molecule has 20 heavy (non-hydrogen) atoms. The zero-order valence-electron chi connectivity index (χ0n) is 10.9. The summed E-state index contributed by atoms with van der Waals surface area (Å²) in [7, 11) is 0. The summed E-state index contributed by atoms with van der Waals surface area (Å²) in [6.07, 6.45) is 0.587. The fourth-order valence-corrected chi connectivity index (χ4v) is 2.04. The highest BCUT2D eigenvalue weighted by Gasteiger charge is 2.09. The molecule has 0 amide bonds. The first-order valence-electron chi connectivity index (χ1n) is 6.12. The van der Waals surface area contributed by atoms with Crippen LogP contribution in [0.2, 0.25) is 0 Å². The SMILES string of the molecule is CC(N)Cc1ccc(Oc2ccc(Br)c(F)c2)c(F)c1. The summed E-state index contributed by atoms with van der Waals surface area (Å²) in [5.41, 5.74) is 6.47. The third-order valence-corrected chi connectivity index (χ3v) is 3.32. The molecule has 0 aliphatic heterocycles. The zero-order chi connectivity index (χ0) is 14.7. The molecule has 2 aromatic rings. The molecule has 0 saturated heterocycles. The summed E-state index contributed by atoms with van der Waals surface area (Å²) in [5.74, 6) is -0.660. The van der Waals surface area contributed by atoms with Crippen LogP contribution in [-0.2, 0) is 6.42 Å². The number of ether oxygens (including phenoxy) is 1. The van der Waals surface area contributed by atoms with E-state index < -0.39 is 11.6 Å². The van der Waals surface area contributed by atoms with Crippen molar-refractivity contribution in [2.24, 2.45) is 5.73 Å². The van der Waals surface area contributed by atoms with Gasteiger partial charge in [-0.3, -0.25) is 0 Å². The van der Waals surface area contributed by atoms with Crippen molar-refractivity contribution in [2.45, 2.75) is 19.4 Å². The second kappa shape index (κ2) is 6.33. The maximum atomic E-state index is 13.9. The standard InChI is InChI=1S/C15H14BrF2NO/c1-9(19)6-10-2-5-15(14(18)7-10)20-11-3-4-12(16)13(17)8-11/h2-5,7-9H,6,19H2,1H3. The molecule has 5 heteroatoms. The van der Waals surface area contributed by atoms with Gasteiger partial charge in [-0.2, -0.15) is 0 Å². The van der Waals surface area contributed by atoms with E-state index in [2.05, 4.69) is 15.9 Å².